The fraction of sp³-hybridized carbons (Fsp3) is 0.938. The molecule has 0 saturated heterocycles. The number of rotatable bonds is 61. The Kier molecular flexibility index (Phi) is 59.9. The number of amides is 1. The van der Waals surface area contributed by atoms with Gasteiger partial charge in [-0.1, -0.05) is 334 Å². The molecule has 2 unspecified atom stereocenters. The topological polar surface area (TPSA) is 95.9 Å². The van der Waals surface area contributed by atoms with Gasteiger partial charge < -0.3 is 20.3 Å². The zero-order valence-electron chi connectivity index (χ0n) is 48.2. The van der Waals surface area contributed by atoms with Crippen LogP contribution in [-0.4, -0.2) is 47.4 Å². The molecule has 0 heterocycles. The van der Waals surface area contributed by atoms with Gasteiger partial charge >= 0.3 is 5.97 Å². The van der Waals surface area contributed by atoms with Crippen LogP contribution >= 0.6 is 0 Å². The summed E-state index contributed by atoms with van der Waals surface area (Å²) in [4.78, 5) is 24.6. The number of esters is 1. The van der Waals surface area contributed by atoms with Crippen LogP contribution in [0.3, 0.4) is 0 Å². The first-order valence-electron chi connectivity index (χ1n) is 32.5. The van der Waals surface area contributed by atoms with Gasteiger partial charge in [0.25, 0.3) is 0 Å². The Labute approximate surface area is 444 Å². The zero-order valence-corrected chi connectivity index (χ0v) is 48.2. The molecule has 0 bridgehead atoms. The largest absolute Gasteiger partial charge is 0.466 e. The smallest absolute Gasteiger partial charge is 0.305 e. The van der Waals surface area contributed by atoms with E-state index in [1.54, 1.807) is 6.08 Å². The molecule has 0 spiro atoms. The van der Waals surface area contributed by atoms with Crippen LogP contribution < -0.4 is 5.32 Å². The standard InChI is InChI=1S/C65H127NO5/c1-3-5-7-9-11-13-15-17-19-21-23-24-25-26-28-29-31-33-37-41-45-49-53-57-63(68)62(61-67)66-64(69)58-54-50-46-42-38-35-36-40-44-48-52-56-60-71-65(70)59-55-51-47-43-39-34-32-30-27-22-20-18-16-14-12-10-8-6-4-2/h53,57,62-63,67-68H,3-52,54-56,58-61H2,1-2H3,(H,66,69)/b57-53+. The van der Waals surface area contributed by atoms with Gasteiger partial charge in [-0.25, -0.2) is 0 Å². The third-order valence-electron chi connectivity index (χ3n) is 15.3. The molecule has 0 fully saturated rings. The van der Waals surface area contributed by atoms with Gasteiger partial charge in [-0.2, -0.15) is 0 Å². The van der Waals surface area contributed by atoms with E-state index in [0.29, 0.717) is 19.4 Å². The molecule has 71 heavy (non-hydrogen) atoms. The highest BCUT2D eigenvalue weighted by Gasteiger charge is 2.18. The highest BCUT2D eigenvalue weighted by Crippen LogP contribution is 2.18. The molecule has 0 aliphatic heterocycles. The van der Waals surface area contributed by atoms with E-state index < -0.39 is 12.1 Å². The van der Waals surface area contributed by atoms with Crippen LogP contribution in [0.5, 0.6) is 0 Å². The summed E-state index contributed by atoms with van der Waals surface area (Å²) < 4.78 is 5.49. The second-order valence-electron chi connectivity index (χ2n) is 22.5. The molecule has 0 saturated carbocycles. The normalized spacial score (nSPS) is 12.6. The van der Waals surface area contributed by atoms with Crippen molar-refractivity contribution in [1.82, 2.24) is 5.32 Å². The van der Waals surface area contributed by atoms with E-state index in [1.165, 1.54) is 283 Å². The number of allylic oxidation sites excluding steroid dienone is 1. The highest BCUT2D eigenvalue weighted by atomic mass is 16.5. The lowest BCUT2D eigenvalue weighted by molar-refractivity contribution is -0.143. The van der Waals surface area contributed by atoms with E-state index in [0.717, 1.165) is 57.8 Å². The van der Waals surface area contributed by atoms with Crippen LogP contribution in [0.4, 0.5) is 0 Å². The summed E-state index contributed by atoms with van der Waals surface area (Å²) in [5.74, 6) is -0.0833. The number of hydrogen-bond acceptors (Lipinski definition) is 5. The fourth-order valence-electron chi connectivity index (χ4n) is 10.3. The molecule has 0 aromatic rings. The lowest BCUT2D eigenvalue weighted by atomic mass is 10.0. The molecule has 0 rings (SSSR count). The van der Waals surface area contributed by atoms with Crippen molar-refractivity contribution in [2.24, 2.45) is 0 Å². The Morgan fingerprint density at radius 2 is 0.648 bits per heavy atom. The van der Waals surface area contributed by atoms with Crippen molar-refractivity contribution in [2.75, 3.05) is 13.2 Å². The molecule has 6 heteroatoms. The Morgan fingerprint density at radius 3 is 0.958 bits per heavy atom. The van der Waals surface area contributed by atoms with Gasteiger partial charge in [0.1, 0.15) is 0 Å². The summed E-state index contributed by atoms with van der Waals surface area (Å²) in [7, 11) is 0. The number of carbonyl (C=O) groups is 2. The first kappa shape index (κ1) is 69.6. The monoisotopic (exact) mass is 1000 g/mol. The molecule has 1 amide bonds. The molecular weight excluding hydrogens is 875 g/mol. The Balaban J connectivity index is 3.45. The molecule has 6 nitrogen and oxygen atoms in total. The number of aliphatic hydroxyl groups excluding tert-OH is 2. The van der Waals surface area contributed by atoms with Crippen molar-refractivity contribution in [2.45, 2.75) is 379 Å². The number of carbonyl (C=O) groups excluding carboxylic acids is 2. The van der Waals surface area contributed by atoms with E-state index in [1.807, 2.05) is 6.08 Å². The Morgan fingerprint density at radius 1 is 0.380 bits per heavy atom. The third kappa shape index (κ3) is 57.7. The van der Waals surface area contributed by atoms with Crippen LogP contribution in [0, 0.1) is 0 Å². The van der Waals surface area contributed by atoms with E-state index >= 15 is 0 Å². The molecule has 3 N–H and O–H groups in total. The van der Waals surface area contributed by atoms with E-state index in [-0.39, 0.29) is 18.5 Å². The number of aliphatic hydroxyl groups is 2. The molecule has 0 aromatic carbocycles. The van der Waals surface area contributed by atoms with Gasteiger partial charge in [0, 0.05) is 12.8 Å². The molecule has 0 radical (unpaired) electrons. The van der Waals surface area contributed by atoms with Crippen molar-refractivity contribution in [3.63, 3.8) is 0 Å². The van der Waals surface area contributed by atoms with Gasteiger partial charge in [-0.3, -0.25) is 9.59 Å². The van der Waals surface area contributed by atoms with Gasteiger partial charge in [0.05, 0.1) is 25.4 Å². The molecule has 0 aliphatic rings. The maximum atomic E-state index is 12.5. The fourth-order valence-corrected chi connectivity index (χ4v) is 10.3. The summed E-state index contributed by atoms with van der Waals surface area (Å²) >= 11 is 0. The van der Waals surface area contributed by atoms with Gasteiger partial charge in [-0.15, -0.1) is 0 Å². The van der Waals surface area contributed by atoms with Crippen LogP contribution in [0.25, 0.3) is 0 Å². The molecular formula is C65H127NO5. The van der Waals surface area contributed by atoms with Crippen LogP contribution in [0.15, 0.2) is 12.2 Å². The van der Waals surface area contributed by atoms with E-state index in [2.05, 4.69) is 19.2 Å². The molecule has 0 aliphatic carbocycles. The molecule has 2 atom stereocenters. The minimum Gasteiger partial charge on any atom is -0.466 e. The number of unbranched alkanes of at least 4 members (excludes halogenated alkanes) is 50. The van der Waals surface area contributed by atoms with E-state index in [9.17, 15) is 19.8 Å². The van der Waals surface area contributed by atoms with Crippen molar-refractivity contribution in [3.05, 3.63) is 12.2 Å². The lowest BCUT2D eigenvalue weighted by Crippen LogP contribution is -2.45. The van der Waals surface area contributed by atoms with Crippen molar-refractivity contribution < 1.29 is 24.5 Å². The number of hydrogen-bond donors (Lipinski definition) is 3. The second kappa shape index (κ2) is 61.1. The third-order valence-corrected chi connectivity index (χ3v) is 15.3. The Bertz CT molecular complexity index is 1060. The maximum Gasteiger partial charge on any atom is 0.305 e. The predicted molar refractivity (Wildman–Crippen MR) is 310 cm³/mol. The summed E-state index contributed by atoms with van der Waals surface area (Å²) in [6.07, 6.45) is 74.0. The van der Waals surface area contributed by atoms with Crippen LogP contribution in [0.2, 0.25) is 0 Å². The summed E-state index contributed by atoms with van der Waals surface area (Å²) in [5, 5.41) is 23.2. The summed E-state index contributed by atoms with van der Waals surface area (Å²) in [5.41, 5.74) is 0. The average Bonchev–Trinajstić information content (AvgIpc) is 3.37. The van der Waals surface area contributed by atoms with E-state index in [4.69, 9.17) is 4.74 Å². The predicted octanol–water partition coefficient (Wildman–Crippen LogP) is 20.4. The van der Waals surface area contributed by atoms with Crippen LogP contribution in [-0.2, 0) is 14.3 Å². The first-order valence-corrected chi connectivity index (χ1v) is 32.5. The van der Waals surface area contributed by atoms with Gasteiger partial charge in [-0.05, 0) is 32.1 Å². The molecule has 0 aromatic heterocycles. The van der Waals surface area contributed by atoms with Crippen molar-refractivity contribution in [1.29, 1.82) is 0 Å². The first-order chi connectivity index (χ1) is 35.0. The Hall–Kier alpha value is -1.40. The second-order valence-corrected chi connectivity index (χ2v) is 22.5. The van der Waals surface area contributed by atoms with Gasteiger partial charge in [0.15, 0.2) is 0 Å². The molecule has 422 valence electrons. The maximum absolute atomic E-state index is 12.5. The van der Waals surface area contributed by atoms with Crippen molar-refractivity contribution >= 4 is 11.9 Å². The van der Waals surface area contributed by atoms with Crippen LogP contribution in [0.1, 0.15) is 367 Å². The minimum atomic E-state index is -0.855. The highest BCUT2D eigenvalue weighted by molar-refractivity contribution is 5.76. The lowest BCUT2D eigenvalue weighted by Gasteiger charge is -2.20. The van der Waals surface area contributed by atoms with Gasteiger partial charge in [0.2, 0.25) is 5.91 Å². The average molecular weight is 1000 g/mol. The quantitative estimate of drug-likeness (QED) is 0.0320. The minimum absolute atomic E-state index is 0.00469. The summed E-state index contributed by atoms with van der Waals surface area (Å²) in [6, 6.07) is -0.640. The number of ether oxygens (including phenoxy) is 1. The zero-order chi connectivity index (χ0) is 51.4. The van der Waals surface area contributed by atoms with Crippen molar-refractivity contribution in [3.8, 4) is 0 Å². The SMILES string of the molecule is CCCCCCCCCCCCCCCCCCCCCCC/C=C/C(O)C(CO)NC(=O)CCCCCCCCCCCCCCOC(=O)CCCCCCCCCCCCCCCCCCCCC. The summed E-state index contributed by atoms with van der Waals surface area (Å²) in [6.45, 7) is 4.91. The number of nitrogens with one attached hydrogen (secondary N) is 1.